The first kappa shape index (κ1) is 12.7. The van der Waals surface area contributed by atoms with E-state index in [0.717, 1.165) is 12.1 Å². The third-order valence-corrected chi connectivity index (χ3v) is 2.00. The summed E-state index contributed by atoms with van der Waals surface area (Å²) in [6, 6.07) is 1.97. The molecule has 88 valence electrons. The monoisotopic (exact) mass is 231 g/mol. The highest BCUT2D eigenvalue weighted by molar-refractivity contribution is 5.98. The smallest absolute Gasteiger partial charge is 0.292 e. The van der Waals surface area contributed by atoms with Crippen molar-refractivity contribution in [3.05, 3.63) is 29.6 Å². The van der Waals surface area contributed by atoms with Crippen molar-refractivity contribution in [2.24, 2.45) is 5.41 Å². The number of hydrogen-bond acceptors (Lipinski definition) is 2. The second-order valence-corrected chi connectivity index (χ2v) is 4.51. The van der Waals surface area contributed by atoms with Crippen molar-refractivity contribution >= 4 is 5.78 Å². The Morgan fingerprint density at radius 1 is 1.19 bits per heavy atom. The second kappa shape index (κ2) is 3.88. The summed E-state index contributed by atoms with van der Waals surface area (Å²) in [4.78, 5) is 15.2. The minimum Gasteiger partial charge on any atom is -0.292 e. The fraction of sp³-hybridized carbons (Fsp3) is 0.455. The molecule has 0 fully saturated rings. The molecule has 0 bridgehead atoms. The van der Waals surface area contributed by atoms with Crippen LogP contribution in [0.25, 0.3) is 0 Å². The molecule has 0 aliphatic carbocycles. The fourth-order valence-electron chi connectivity index (χ4n) is 1.08. The summed E-state index contributed by atoms with van der Waals surface area (Å²) >= 11 is 0. The number of pyridine rings is 1. The number of rotatable bonds is 1. The molecule has 0 aliphatic heterocycles. The van der Waals surface area contributed by atoms with Gasteiger partial charge in [-0.1, -0.05) is 20.8 Å². The summed E-state index contributed by atoms with van der Waals surface area (Å²) in [6.07, 6.45) is -3.74. The fourth-order valence-corrected chi connectivity index (χ4v) is 1.08. The average molecular weight is 231 g/mol. The Bertz CT molecular complexity index is 387. The van der Waals surface area contributed by atoms with Crippen LogP contribution >= 0.6 is 0 Å². The van der Waals surface area contributed by atoms with Crippen LogP contribution < -0.4 is 0 Å². The van der Waals surface area contributed by atoms with E-state index in [4.69, 9.17) is 0 Å². The molecule has 0 amide bonds. The van der Waals surface area contributed by atoms with Gasteiger partial charge in [-0.25, -0.2) is 0 Å². The molecule has 0 N–H and O–H groups in total. The molecule has 0 saturated carbocycles. The van der Waals surface area contributed by atoms with Crippen LogP contribution in [-0.4, -0.2) is 10.8 Å². The zero-order valence-electron chi connectivity index (χ0n) is 9.22. The van der Waals surface area contributed by atoms with Crippen molar-refractivity contribution in [3.63, 3.8) is 0 Å². The Hall–Kier alpha value is -1.39. The lowest BCUT2D eigenvalue weighted by Crippen LogP contribution is -2.21. The second-order valence-electron chi connectivity index (χ2n) is 4.51. The minimum absolute atomic E-state index is 0.0560. The molecule has 2 nitrogen and oxygen atoms in total. The van der Waals surface area contributed by atoms with Crippen molar-refractivity contribution in [2.75, 3.05) is 0 Å². The van der Waals surface area contributed by atoms with Crippen LogP contribution in [0.15, 0.2) is 18.3 Å². The third-order valence-electron chi connectivity index (χ3n) is 2.00. The molecule has 0 saturated heterocycles. The zero-order chi connectivity index (χ0) is 12.6. The maximum absolute atomic E-state index is 12.2. The number of carbonyl (C=O) groups is 1. The summed E-state index contributed by atoms with van der Waals surface area (Å²) in [5.41, 5.74) is -1.44. The summed E-state index contributed by atoms with van der Waals surface area (Å²) in [7, 11) is 0. The van der Waals surface area contributed by atoms with Gasteiger partial charge in [0.25, 0.3) is 0 Å². The highest BCUT2D eigenvalue weighted by Crippen LogP contribution is 2.29. The van der Waals surface area contributed by atoms with E-state index in [1.54, 1.807) is 20.8 Å². The molecule has 0 aliphatic rings. The maximum Gasteiger partial charge on any atom is 0.417 e. The quantitative estimate of drug-likeness (QED) is 0.694. The van der Waals surface area contributed by atoms with E-state index in [9.17, 15) is 18.0 Å². The molecular formula is C11H12F3NO. The van der Waals surface area contributed by atoms with Gasteiger partial charge >= 0.3 is 6.18 Å². The van der Waals surface area contributed by atoms with Crippen molar-refractivity contribution in [1.29, 1.82) is 0 Å². The Morgan fingerprint density at radius 2 is 1.75 bits per heavy atom. The Kier molecular flexibility index (Phi) is 3.08. The lowest BCUT2D eigenvalue weighted by Gasteiger charge is -2.16. The number of carbonyl (C=O) groups excluding carboxylic acids is 1. The highest BCUT2D eigenvalue weighted by atomic mass is 19.4. The van der Waals surface area contributed by atoms with Crippen LogP contribution in [0.4, 0.5) is 13.2 Å². The van der Waals surface area contributed by atoms with Crippen LogP contribution in [0.3, 0.4) is 0 Å². The Morgan fingerprint density at radius 3 is 2.06 bits per heavy atom. The highest BCUT2D eigenvalue weighted by Gasteiger charge is 2.31. The minimum atomic E-state index is -4.42. The molecule has 5 heteroatoms. The number of nitrogens with zero attached hydrogens (tertiary/aromatic N) is 1. The third kappa shape index (κ3) is 2.81. The van der Waals surface area contributed by atoms with Gasteiger partial charge in [0.2, 0.25) is 0 Å². The lowest BCUT2D eigenvalue weighted by molar-refractivity contribution is -0.137. The van der Waals surface area contributed by atoms with Crippen molar-refractivity contribution in [1.82, 2.24) is 4.98 Å². The number of Topliss-reactive ketones (excluding diaryl/α,β-unsaturated/α-hetero) is 1. The van der Waals surface area contributed by atoms with E-state index >= 15 is 0 Å². The van der Waals surface area contributed by atoms with Gasteiger partial charge in [-0.2, -0.15) is 13.2 Å². The van der Waals surface area contributed by atoms with Crippen LogP contribution in [0.5, 0.6) is 0 Å². The number of aromatic nitrogens is 1. The van der Waals surface area contributed by atoms with Gasteiger partial charge in [-0.05, 0) is 12.1 Å². The first-order valence-electron chi connectivity index (χ1n) is 4.70. The van der Waals surface area contributed by atoms with E-state index < -0.39 is 17.2 Å². The summed E-state index contributed by atoms with van der Waals surface area (Å²) in [6.45, 7) is 5.07. The molecule has 1 heterocycles. The predicted octanol–water partition coefficient (Wildman–Crippen LogP) is 3.33. The van der Waals surface area contributed by atoms with E-state index in [1.165, 1.54) is 0 Å². The zero-order valence-corrected chi connectivity index (χ0v) is 9.22. The van der Waals surface area contributed by atoms with Crippen molar-refractivity contribution in [2.45, 2.75) is 26.9 Å². The van der Waals surface area contributed by atoms with Gasteiger partial charge in [0.1, 0.15) is 5.69 Å². The SMILES string of the molecule is CC(C)(C)C(=O)c1ccc(C(F)(F)F)cn1. The number of ketones is 1. The molecule has 1 rings (SSSR count). The van der Waals surface area contributed by atoms with E-state index in [0.29, 0.717) is 6.20 Å². The first-order chi connectivity index (χ1) is 7.12. The first-order valence-corrected chi connectivity index (χ1v) is 4.70. The molecule has 16 heavy (non-hydrogen) atoms. The van der Waals surface area contributed by atoms with Gasteiger partial charge in [0, 0.05) is 11.6 Å². The topological polar surface area (TPSA) is 30.0 Å². The molecule has 0 atom stereocenters. The Labute approximate surface area is 91.5 Å². The molecule has 0 radical (unpaired) electrons. The largest absolute Gasteiger partial charge is 0.417 e. The summed E-state index contributed by atoms with van der Waals surface area (Å²) in [5, 5.41) is 0. The average Bonchev–Trinajstić information content (AvgIpc) is 2.14. The van der Waals surface area contributed by atoms with Gasteiger partial charge < -0.3 is 0 Å². The molecule has 0 unspecified atom stereocenters. The van der Waals surface area contributed by atoms with E-state index in [1.807, 2.05) is 0 Å². The summed E-state index contributed by atoms with van der Waals surface area (Å²) < 4.78 is 36.7. The van der Waals surface area contributed by atoms with Gasteiger partial charge in [-0.3, -0.25) is 9.78 Å². The van der Waals surface area contributed by atoms with Crippen molar-refractivity contribution in [3.8, 4) is 0 Å². The number of alkyl halides is 3. The molecule has 1 aromatic rings. The van der Waals surface area contributed by atoms with Crippen LogP contribution in [-0.2, 0) is 6.18 Å². The standard InChI is InChI=1S/C11H12F3NO/c1-10(2,3)9(16)8-5-4-7(6-15-8)11(12,13)14/h4-6H,1-3H3. The number of hydrogen-bond donors (Lipinski definition) is 0. The molecular weight excluding hydrogens is 219 g/mol. The lowest BCUT2D eigenvalue weighted by atomic mass is 9.88. The normalized spacial score (nSPS) is 12.6. The number of halogens is 3. The maximum atomic E-state index is 12.2. The van der Waals surface area contributed by atoms with Gasteiger partial charge in [0.15, 0.2) is 5.78 Å². The Balaban J connectivity index is 3.01. The van der Waals surface area contributed by atoms with Crippen LogP contribution in [0, 0.1) is 5.41 Å². The van der Waals surface area contributed by atoms with Gasteiger partial charge in [-0.15, -0.1) is 0 Å². The van der Waals surface area contributed by atoms with Crippen molar-refractivity contribution < 1.29 is 18.0 Å². The van der Waals surface area contributed by atoms with E-state index in [-0.39, 0.29) is 11.5 Å². The molecule has 1 aromatic heterocycles. The van der Waals surface area contributed by atoms with Crippen LogP contribution in [0.1, 0.15) is 36.8 Å². The van der Waals surface area contributed by atoms with Gasteiger partial charge in [0.05, 0.1) is 5.56 Å². The van der Waals surface area contributed by atoms with E-state index in [2.05, 4.69) is 4.98 Å². The molecule has 0 spiro atoms. The predicted molar refractivity (Wildman–Crippen MR) is 53.0 cm³/mol. The van der Waals surface area contributed by atoms with Crippen LogP contribution in [0.2, 0.25) is 0 Å². The molecule has 0 aromatic carbocycles. The summed E-state index contributed by atoms with van der Waals surface area (Å²) in [5.74, 6) is -0.277.